The monoisotopic (exact) mass is 304 g/mol. The Morgan fingerprint density at radius 3 is 2.60 bits per heavy atom. The first-order valence-electron chi connectivity index (χ1n) is 3.64. The van der Waals surface area contributed by atoms with Gasteiger partial charge in [-0.1, -0.05) is 11.6 Å². The molecule has 15 heavy (non-hydrogen) atoms. The molecule has 8 heteroatoms. The first-order chi connectivity index (χ1) is 6.85. The molecule has 0 unspecified atom stereocenters. The van der Waals surface area contributed by atoms with Gasteiger partial charge in [0, 0.05) is 12.7 Å². The van der Waals surface area contributed by atoms with Crippen molar-refractivity contribution in [2.45, 2.75) is 12.9 Å². The minimum absolute atomic E-state index is 0.0551. The van der Waals surface area contributed by atoms with Crippen molar-refractivity contribution in [2.24, 2.45) is 5.73 Å². The molecule has 0 atom stereocenters. The van der Waals surface area contributed by atoms with Crippen LogP contribution in [0.5, 0.6) is 5.75 Å². The van der Waals surface area contributed by atoms with E-state index in [4.69, 9.17) is 17.3 Å². The largest absolute Gasteiger partial charge is 0.573 e. The van der Waals surface area contributed by atoms with Gasteiger partial charge in [-0.2, -0.15) is 0 Å². The summed E-state index contributed by atoms with van der Waals surface area (Å²) in [5.74, 6) is -0.568. The topological polar surface area (TPSA) is 48.1 Å². The Morgan fingerprint density at radius 1 is 1.53 bits per heavy atom. The maximum absolute atomic E-state index is 12.0. The van der Waals surface area contributed by atoms with Gasteiger partial charge < -0.3 is 10.5 Å². The van der Waals surface area contributed by atoms with Crippen LogP contribution >= 0.6 is 27.5 Å². The van der Waals surface area contributed by atoms with Crippen LogP contribution < -0.4 is 10.5 Å². The molecular formula is C7H5BrClF3N2O. The second kappa shape index (κ2) is 4.54. The molecule has 1 aromatic heterocycles. The second-order valence-electron chi connectivity index (χ2n) is 2.45. The molecule has 0 saturated carbocycles. The van der Waals surface area contributed by atoms with Gasteiger partial charge in [-0.05, 0) is 15.9 Å². The maximum atomic E-state index is 12.0. The van der Waals surface area contributed by atoms with Gasteiger partial charge in [0.2, 0.25) is 0 Å². The number of rotatable bonds is 2. The van der Waals surface area contributed by atoms with Gasteiger partial charge in [-0.15, -0.1) is 13.2 Å². The first kappa shape index (κ1) is 12.5. The van der Waals surface area contributed by atoms with Crippen LogP contribution in [0, 0.1) is 0 Å². The Labute approximate surface area is 96.5 Å². The zero-order valence-corrected chi connectivity index (χ0v) is 9.45. The van der Waals surface area contributed by atoms with Crippen molar-refractivity contribution < 1.29 is 17.9 Å². The number of nitrogens with zero attached hydrogens (tertiary/aromatic N) is 1. The van der Waals surface area contributed by atoms with Crippen LogP contribution in [0.2, 0.25) is 5.02 Å². The van der Waals surface area contributed by atoms with Gasteiger partial charge in [0.25, 0.3) is 0 Å². The van der Waals surface area contributed by atoms with Crippen LogP contribution in [-0.2, 0) is 6.54 Å². The molecular weight excluding hydrogens is 300 g/mol. The van der Waals surface area contributed by atoms with Gasteiger partial charge in [0.15, 0.2) is 5.75 Å². The van der Waals surface area contributed by atoms with Gasteiger partial charge >= 0.3 is 6.36 Å². The molecule has 84 valence electrons. The highest BCUT2D eigenvalue weighted by Gasteiger charge is 2.33. The summed E-state index contributed by atoms with van der Waals surface area (Å²) in [6.07, 6.45) is -3.57. The van der Waals surface area contributed by atoms with E-state index in [1.54, 1.807) is 0 Å². The molecule has 1 heterocycles. The fraction of sp³-hybridized carbons (Fsp3) is 0.286. The number of hydrogen-bond acceptors (Lipinski definition) is 3. The third-order valence-corrected chi connectivity index (χ3v) is 2.62. The molecule has 0 saturated heterocycles. The third kappa shape index (κ3) is 3.22. The normalized spacial score (nSPS) is 11.6. The van der Waals surface area contributed by atoms with E-state index in [1.807, 2.05) is 0 Å². The first-order valence-corrected chi connectivity index (χ1v) is 4.81. The lowest BCUT2D eigenvalue weighted by Crippen LogP contribution is -2.19. The number of nitrogens with two attached hydrogens (primary N) is 1. The van der Waals surface area contributed by atoms with Gasteiger partial charge in [0.05, 0.1) is 10.2 Å². The Bertz CT molecular complexity index is 372. The van der Waals surface area contributed by atoms with Crippen LogP contribution in [0.15, 0.2) is 10.7 Å². The van der Waals surface area contributed by atoms with Crippen LogP contribution in [0.3, 0.4) is 0 Å². The van der Waals surface area contributed by atoms with Crippen molar-refractivity contribution in [3.8, 4) is 5.75 Å². The molecule has 0 aliphatic heterocycles. The van der Waals surface area contributed by atoms with Crippen LogP contribution in [0.1, 0.15) is 5.69 Å². The van der Waals surface area contributed by atoms with E-state index in [0.717, 1.165) is 0 Å². The van der Waals surface area contributed by atoms with E-state index in [1.165, 1.54) is 6.20 Å². The summed E-state index contributed by atoms with van der Waals surface area (Å²) in [4.78, 5) is 3.66. The van der Waals surface area contributed by atoms with Crippen molar-refractivity contribution in [1.29, 1.82) is 0 Å². The molecule has 1 aromatic rings. The fourth-order valence-electron chi connectivity index (χ4n) is 0.850. The number of halogens is 5. The predicted molar refractivity (Wildman–Crippen MR) is 51.5 cm³/mol. The summed E-state index contributed by atoms with van der Waals surface area (Å²) >= 11 is 8.55. The molecule has 0 fully saturated rings. The van der Waals surface area contributed by atoms with Crippen molar-refractivity contribution in [2.75, 3.05) is 0 Å². The summed E-state index contributed by atoms with van der Waals surface area (Å²) in [5, 5.41) is -0.206. The standard InChI is InChI=1S/C7H5BrClF3N2O/c8-3-2-14-4(1-13)6(5(3)9)15-7(10,11)12/h2H,1,13H2. The minimum atomic E-state index is -4.82. The molecule has 1 rings (SSSR count). The highest BCUT2D eigenvalue weighted by Crippen LogP contribution is 2.36. The summed E-state index contributed by atoms with van der Waals surface area (Å²) in [7, 11) is 0. The summed E-state index contributed by atoms with van der Waals surface area (Å²) in [6, 6.07) is 0. The maximum Gasteiger partial charge on any atom is 0.573 e. The number of hydrogen-bond donors (Lipinski definition) is 1. The average Bonchev–Trinajstić information content (AvgIpc) is 2.11. The van der Waals surface area contributed by atoms with Crippen molar-refractivity contribution in [1.82, 2.24) is 4.98 Å². The predicted octanol–water partition coefficient (Wildman–Crippen LogP) is 2.85. The SMILES string of the molecule is NCc1ncc(Br)c(Cl)c1OC(F)(F)F. The molecule has 0 radical (unpaired) electrons. The average molecular weight is 305 g/mol. The zero-order chi connectivity index (χ0) is 11.6. The van der Waals surface area contributed by atoms with E-state index < -0.39 is 12.1 Å². The lowest BCUT2D eigenvalue weighted by Gasteiger charge is -2.13. The van der Waals surface area contributed by atoms with E-state index in [-0.39, 0.29) is 21.7 Å². The summed E-state index contributed by atoms with van der Waals surface area (Å²) < 4.78 is 40.0. The molecule has 0 aliphatic carbocycles. The fourth-order valence-corrected chi connectivity index (χ4v) is 1.33. The van der Waals surface area contributed by atoms with Gasteiger partial charge in [0.1, 0.15) is 5.02 Å². The van der Waals surface area contributed by atoms with Gasteiger partial charge in [-0.25, -0.2) is 0 Å². The highest BCUT2D eigenvalue weighted by atomic mass is 79.9. The number of pyridine rings is 1. The molecule has 0 aromatic carbocycles. The number of aromatic nitrogens is 1. The second-order valence-corrected chi connectivity index (χ2v) is 3.68. The van der Waals surface area contributed by atoms with E-state index in [0.29, 0.717) is 0 Å². The lowest BCUT2D eigenvalue weighted by molar-refractivity contribution is -0.275. The molecule has 0 aliphatic rings. The van der Waals surface area contributed by atoms with Crippen LogP contribution in [0.25, 0.3) is 0 Å². The number of alkyl halides is 3. The van der Waals surface area contributed by atoms with Crippen molar-refractivity contribution in [3.05, 3.63) is 21.4 Å². The van der Waals surface area contributed by atoms with Crippen molar-refractivity contribution in [3.63, 3.8) is 0 Å². The number of ether oxygens (including phenoxy) is 1. The molecule has 0 amide bonds. The molecule has 3 nitrogen and oxygen atoms in total. The Balaban J connectivity index is 3.18. The smallest absolute Gasteiger partial charge is 0.402 e. The highest BCUT2D eigenvalue weighted by molar-refractivity contribution is 9.10. The van der Waals surface area contributed by atoms with E-state index >= 15 is 0 Å². The van der Waals surface area contributed by atoms with E-state index in [9.17, 15) is 13.2 Å². The summed E-state index contributed by atoms with van der Waals surface area (Å²) in [6.45, 7) is -0.196. The summed E-state index contributed by atoms with van der Waals surface area (Å²) in [5.41, 5.74) is 5.15. The Morgan fingerprint density at radius 2 is 2.13 bits per heavy atom. The van der Waals surface area contributed by atoms with Crippen LogP contribution in [-0.4, -0.2) is 11.3 Å². The molecule has 0 spiro atoms. The molecule has 0 bridgehead atoms. The van der Waals surface area contributed by atoms with Crippen molar-refractivity contribution >= 4 is 27.5 Å². The Hall–Kier alpha value is -0.530. The Kier molecular flexibility index (Phi) is 3.80. The minimum Gasteiger partial charge on any atom is -0.402 e. The molecule has 2 N–H and O–H groups in total. The third-order valence-electron chi connectivity index (χ3n) is 1.42. The van der Waals surface area contributed by atoms with E-state index in [2.05, 4.69) is 25.7 Å². The van der Waals surface area contributed by atoms with Crippen LogP contribution in [0.4, 0.5) is 13.2 Å². The van der Waals surface area contributed by atoms with Gasteiger partial charge in [-0.3, -0.25) is 4.98 Å². The quantitative estimate of drug-likeness (QED) is 0.914. The lowest BCUT2D eigenvalue weighted by atomic mass is 10.3. The zero-order valence-electron chi connectivity index (χ0n) is 7.11.